The molecule has 0 spiro atoms. The molecule has 0 radical (unpaired) electrons. The number of hydrogen-bond donors (Lipinski definition) is 2. The van der Waals surface area contributed by atoms with E-state index in [9.17, 15) is 8.42 Å². The van der Waals surface area contributed by atoms with Gasteiger partial charge in [0.2, 0.25) is 10.0 Å². The minimum Gasteiger partial charge on any atom is -0.375 e. The van der Waals surface area contributed by atoms with Gasteiger partial charge in [-0.05, 0) is 39.3 Å². The van der Waals surface area contributed by atoms with E-state index < -0.39 is 10.0 Å². The Morgan fingerprint density at radius 1 is 1.48 bits per heavy atom. The molecule has 120 valence electrons. The third-order valence-corrected chi connectivity index (χ3v) is 6.09. The van der Waals surface area contributed by atoms with Crippen LogP contribution in [-0.2, 0) is 21.3 Å². The van der Waals surface area contributed by atoms with Crippen molar-refractivity contribution in [2.24, 2.45) is 0 Å². The summed E-state index contributed by atoms with van der Waals surface area (Å²) in [7, 11) is -3.44. The van der Waals surface area contributed by atoms with Crippen molar-refractivity contribution in [2.45, 2.75) is 56.7 Å². The first-order chi connectivity index (χ1) is 9.82. The molecule has 0 saturated carbocycles. The zero-order chi connectivity index (χ0) is 15.5. The summed E-state index contributed by atoms with van der Waals surface area (Å²) in [6.07, 6.45) is 1.41. The summed E-state index contributed by atoms with van der Waals surface area (Å²) in [5, 5.41) is 4.91. The first-order valence-electron chi connectivity index (χ1n) is 7.27. The summed E-state index contributed by atoms with van der Waals surface area (Å²) in [5.41, 5.74) is -0.268. The van der Waals surface area contributed by atoms with Gasteiger partial charge in [0.25, 0.3) is 0 Å². The normalized spacial score (nSPS) is 22.3. The van der Waals surface area contributed by atoms with Crippen LogP contribution in [0.3, 0.4) is 0 Å². The van der Waals surface area contributed by atoms with Gasteiger partial charge in [-0.2, -0.15) is 0 Å². The summed E-state index contributed by atoms with van der Waals surface area (Å²) < 4.78 is 33.3. The molecular weight excluding hydrogens is 308 g/mol. The van der Waals surface area contributed by atoms with Crippen LogP contribution in [0.5, 0.6) is 0 Å². The SMILES string of the molecule is CCNCc1cc(S(=O)(=O)NC2CCOC(C)(C)C2)cs1. The van der Waals surface area contributed by atoms with E-state index in [-0.39, 0.29) is 11.6 Å². The standard InChI is InChI=1S/C14H24N2O3S2/c1-4-15-9-12-7-13(10-20-12)21(17,18)16-11-5-6-19-14(2,3)8-11/h7,10-11,15-16H,4-6,8-9H2,1-3H3. The highest BCUT2D eigenvalue weighted by Gasteiger charge is 2.31. The van der Waals surface area contributed by atoms with Crippen molar-refractivity contribution < 1.29 is 13.2 Å². The van der Waals surface area contributed by atoms with Crippen molar-refractivity contribution in [2.75, 3.05) is 13.2 Å². The van der Waals surface area contributed by atoms with E-state index in [0.717, 1.165) is 17.8 Å². The van der Waals surface area contributed by atoms with Crippen LogP contribution in [0.4, 0.5) is 0 Å². The number of thiophene rings is 1. The number of nitrogens with one attached hydrogen (secondary N) is 2. The van der Waals surface area contributed by atoms with Gasteiger partial charge in [0.05, 0.1) is 10.5 Å². The molecule has 1 atom stereocenters. The number of hydrogen-bond acceptors (Lipinski definition) is 5. The van der Waals surface area contributed by atoms with Gasteiger partial charge < -0.3 is 10.1 Å². The molecule has 0 aromatic carbocycles. The molecule has 0 bridgehead atoms. The summed E-state index contributed by atoms with van der Waals surface area (Å²) in [4.78, 5) is 1.40. The van der Waals surface area contributed by atoms with Crippen LogP contribution in [0, 0.1) is 0 Å². The molecule has 1 aliphatic heterocycles. The second-order valence-electron chi connectivity index (χ2n) is 5.95. The van der Waals surface area contributed by atoms with Crippen molar-refractivity contribution in [1.29, 1.82) is 0 Å². The Bertz CT molecular complexity index is 567. The van der Waals surface area contributed by atoms with Gasteiger partial charge in [-0.1, -0.05) is 6.92 Å². The molecule has 1 aromatic heterocycles. The second-order valence-corrected chi connectivity index (χ2v) is 8.66. The van der Waals surface area contributed by atoms with Crippen LogP contribution in [0.1, 0.15) is 38.5 Å². The number of ether oxygens (including phenoxy) is 1. The lowest BCUT2D eigenvalue weighted by atomic mass is 9.95. The molecule has 1 fully saturated rings. The molecule has 0 aliphatic carbocycles. The average Bonchev–Trinajstić information content (AvgIpc) is 2.84. The van der Waals surface area contributed by atoms with Gasteiger partial charge >= 0.3 is 0 Å². The average molecular weight is 332 g/mol. The fourth-order valence-electron chi connectivity index (χ4n) is 2.46. The Kier molecular flexibility index (Phi) is 5.43. The molecule has 1 saturated heterocycles. The van der Waals surface area contributed by atoms with Gasteiger partial charge in [-0.25, -0.2) is 13.1 Å². The van der Waals surface area contributed by atoms with Gasteiger partial charge in [0, 0.05) is 29.5 Å². The fraction of sp³-hybridized carbons (Fsp3) is 0.714. The maximum Gasteiger partial charge on any atom is 0.241 e. The predicted octanol–water partition coefficient (Wildman–Crippen LogP) is 2.09. The summed E-state index contributed by atoms with van der Waals surface area (Å²) in [5.74, 6) is 0. The second kappa shape index (κ2) is 6.75. The fourth-order valence-corrected chi connectivity index (χ4v) is 4.98. The van der Waals surface area contributed by atoms with Gasteiger partial charge in [0.15, 0.2) is 0 Å². The van der Waals surface area contributed by atoms with E-state index in [1.54, 1.807) is 11.4 Å². The van der Waals surface area contributed by atoms with Crippen molar-refractivity contribution in [3.63, 3.8) is 0 Å². The van der Waals surface area contributed by atoms with Crippen LogP contribution < -0.4 is 10.0 Å². The Balaban J connectivity index is 2.02. The molecule has 7 heteroatoms. The lowest BCUT2D eigenvalue weighted by molar-refractivity contribution is -0.0599. The highest BCUT2D eigenvalue weighted by Crippen LogP contribution is 2.26. The third kappa shape index (κ3) is 4.75. The molecule has 2 heterocycles. The van der Waals surface area contributed by atoms with E-state index in [4.69, 9.17) is 4.74 Å². The molecule has 1 aliphatic rings. The molecule has 2 rings (SSSR count). The van der Waals surface area contributed by atoms with E-state index in [0.29, 0.717) is 24.5 Å². The van der Waals surface area contributed by atoms with Gasteiger partial charge in [-0.3, -0.25) is 0 Å². The maximum absolute atomic E-state index is 12.4. The molecule has 1 aromatic rings. The largest absolute Gasteiger partial charge is 0.375 e. The summed E-state index contributed by atoms with van der Waals surface area (Å²) in [6.45, 7) is 8.19. The highest BCUT2D eigenvalue weighted by atomic mass is 32.2. The first-order valence-corrected chi connectivity index (χ1v) is 9.63. The van der Waals surface area contributed by atoms with E-state index in [1.807, 2.05) is 20.8 Å². The summed E-state index contributed by atoms with van der Waals surface area (Å²) >= 11 is 1.47. The van der Waals surface area contributed by atoms with E-state index >= 15 is 0 Å². The lowest BCUT2D eigenvalue weighted by Crippen LogP contribution is -2.45. The van der Waals surface area contributed by atoms with Crippen molar-refractivity contribution >= 4 is 21.4 Å². The molecule has 2 N–H and O–H groups in total. The summed E-state index contributed by atoms with van der Waals surface area (Å²) in [6, 6.07) is 1.69. The van der Waals surface area contributed by atoms with Crippen LogP contribution in [0.2, 0.25) is 0 Å². The minimum absolute atomic E-state index is 0.0594. The quantitative estimate of drug-likeness (QED) is 0.837. The monoisotopic (exact) mass is 332 g/mol. The van der Waals surface area contributed by atoms with Gasteiger partial charge in [0.1, 0.15) is 0 Å². The first kappa shape index (κ1) is 16.9. The number of rotatable bonds is 6. The molecule has 0 amide bonds. The van der Waals surface area contributed by atoms with Crippen LogP contribution in [0.15, 0.2) is 16.3 Å². The third-order valence-electron chi connectivity index (χ3n) is 3.51. The van der Waals surface area contributed by atoms with Crippen molar-refractivity contribution in [3.8, 4) is 0 Å². The number of sulfonamides is 1. The molecule has 21 heavy (non-hydrogen) atoms. The Morgan fingerprint density at radius 3 is 2.90 bits per heavy atom. The molecular formula is C14H24N2O3S2. The van der Waals surface area contributed by atoms with Crippen LogP contribution in [-0.4, -0.2) is 33.2 Å². The maximum atomic E-state index is 12.4. The molecule has 5 nitrogen and oxygen atoms in total. The molecule has 1 unspecified atom stereocenters. The lowest BCUT2D eigenvalue weighted by Gasteiger charge is -2.35. The Morgan fingerprint density at radius 2 is 2.24 bits per heavy atom. The van der Waals surface area contributed by atoms with E-state index in [1.165, 1.54) is 11.3 Å². The minimum atomic E-state index is -3.44. The van der Waals surface area contributed by atoms with Crippen molar-refractivity contribution in [1.82, 2.24) is 10.0 Å². The topological polar surface area (TPSA) is 67.4 Å². The smallest absolute Gasteiger partial charge is 0.241 e. The van der Waals surface area contributed by atoms with Crippen LogP contribution in [0.25, 0.3) is 0 Å². The van der Waals surface area contributed by atoms with Crippen LogP contribution >= 0.6 is 11.3 Å². The predicted molar refractivity (Wildman–Crippen MR) is 85.1 cm³/mol. The van der Waals surface area contributed by atoms with Crippen molar-refractivity contribution in [3.05, 3.63) is 16.3 Å². The Hall–Kier alpha value is -0.470. The zero-order valence-corrected chi connectivity index (χ0v) is 14.4. The highest BCUT2D eigenvalue weighted by molar-refractivity contribution is 7.89. The Labute approximate surface area is 131 Å². The van der Waals surface area contributed by atoms with E-state index in [2.05, 4.69) is 10.0 Å². The van der Waals surface area contributed by atoms with Gasteiger partial charge in [-0.15, -0.1) is 11.3 Å². The zero-order valence-electron chi connectivity index (χ0n) is 12.8.